The zero-order valence-corrected chi connectivity index (χ0v) is 11.0. The van der Waals surface area contributed by atoms with E-state index >= 15 is 0 Å². The van der Waals surface area contributed by atoms with Crippen LogP contribution in [0.3, 0.4) is 0 Å². The molecule has 0 fully saturated rings. The molecule has 1 rings (SSSR count). The van der Waals surface area contributed by atoms with Gasteiger partial charge in [-0.2, -0.15) is 0 Å². The van der Waals surface area contributed by atoms with Crippen LogP contribution in [0.1, 0.15) is 31.3 Å². The number of aryl methyl sites for hydroxylation is 1. The molecule has 0 amide bonds. The number of rotatable bonds is 7. The Kier molecular flexibility index (Phi) is 5.88. The van der Waals surface area contributed by atoms with Crippen molar-refractivity contribution < 1.29 is 0 Å². The molecular weight excluding hydrogens is 245 g/mol. The summed E-state index contributed by atoms with van der Waals surface area (Å²) in [5.41, 5.74) is 0.908. The van der Waals surface area contributed by atoms with Gasteiger partial charge in [-0.3, -0.25) is 0 Å². The van der Waals surface area contributed by atoms with Crippen LogP contribution in [0.25, 0.3) is 0 Å². The van der Waals surface area contributed by atoms with Crippen LogP contribution < -0.4 is 5.32 Å². The van der Waals surface area contributed by atoms with Crippen LogP contribution in [0, 0.1) is 0 Å². The lowest BCUT2D eigenvalue weighted by atomic mass is 10.2. The van der Waals surface area contributed by atoms with Gasteiger partial charge in [0.05, 0.1) is 5.69 Å². The van der Waals surface area contributed by atoms with E-state index in [0.29, 0.717) is 23.3 Å². The fourth-order valence-corrected chi connectivity index (χ4v) is 1.65. The lowest BCUT2D eigenvalue weighted by Gasteiger charge is -2.00. The molecule has 5 heteroatoms. The summed E-state index contributed by atoms with van der Waals surface area (Å²) in [7, 11) is 0. The van der Waals surface area contributed by atoms with Crippen LogP contribution in [0.5, 0.6) is 0 Å². The summed E-state index contributed by atoms with van der Waals surface area (Å²) in [6, 6.07) is 0. The minimum Gasteiger partial charge on any atom is -0.344 e. The summed E-state index contributed by atoms with van der Waals surface area (Å²) in [5, 5.41) is 4.25. The van der Waals surface area contributed by atoms with E-state index in [9.17, 15) is 0 Å². The summed E-state index contributed by atoms with van der Waals surface area (Å²) in [4.78, 5) is 7.47. The normalized spacial score (nSPS) is 10.7. The van der Waals surface area contributed by atoms with E-state index in [2.05, 4.69) is 28.8 Å². The quantitative estimate of drug-likeness (QED) is 0.791. The molecule has 90 valence electrons. The molecule has 0 spiro atoms. The third kappa shape index (κ3) is 4.56. The lowest BCUT2D eigenvalue weighted by molar-refractivity contribution is 0.727. The number of unbranched alkanes of at least 4 members (excludes halogenated alkanes) is 1. The number of H-pyrrole nitrogens is 1. The minimum absolute atomic E-state index is 0.541. The summed E-state index contributed by atoms with van der Waals surface area (Å²) < 4.78 is 0. The van der Waals surface area contributed by atoms with Crippen molar-refractivity contribution in [2.75, 3.05) is 6.54 Å². The highest BCUT2D eigenvalue weighted by molar-refractivity contribution is 6.30. The molecule has 0 aliphatic rings. The van der Waals surface area contributed by atoms with E-state index in [1.807, 2.05) is 0 Å². The van der Waals surface area contributed by atoms with Crippen LogP contribution in [-0.2, 0) is 13.0 Å². The topological polar surface area (TPSA) is 40.7 Å². The number of halogens is 2. The number of nitrogens with one attached hydrogen (secondary N) is 2. The Morgan fingerprint density at radius 2 is 2.31 bits per heavy atom. The molecule has 0 unspecified atom stereocenters. The van der Waals surface area contributed by atoms with Crippen LogP contribution in [0.2, 0.25) is 5.15 Å². The summed E-state index contributed by atoms with van der Waals surface area (Å²) in [6.07, 6.45) is 3.21. The maximum atomic E-state index is 6.00. The van der Waals surface area contributed by atoms with Crippen molar-refractivity contribution in [2.45, 2.75) is 32.7 Å². The molecular formula is C11H17Cl2N3. The van der Waals surface area contributed by atoms with E-state index in [1.165, 1.54) is 0 Å². The van der Waals surface area contributed by atoms with Crippen LogP contribution in [0.15, 0.2) is 11.6 Å². The van der Waals surface area contributed by atoms with Gasteiger partial charge in [-0.1, -0.05) is 43.1 Å². The zero-order chi connectivity index (χ0) is 12.0. The number of nitrogens with zero attached hydrogens (tertiary/aromatic N) is 1. The third-order valence-corrected chi connectivity index (χ3v) is 2.61. The molecule has 16 heavy (non-hydrogen) atoms. The van der Waals surface area contributed by atoms with Crippen molar-refractivity contribution in [2.24, 2.45) is 0 Å². The van der Waals surface area contributed by atoms with Gasteiger partial charge in [0, 0.05) is 24.5 Å². The largest absolute Gasteiger partial charge is 0.344 e. The monoisotopic (exact) mass is 261 g/mol. The second-order valence-corrected chi connectivity index (χ2v) is 4.57. The molecule has 0 bridgehead atoms. The Bertz CT molecular complexity index is 347. The number of aromatic nitrogens is 2. The predicted octanol–water partition coefficient (Wildman–Crippen LogP) is 3.25. The number of hydrogen-bond acceptors (Lipinski definition) is 2. The molecule has 1 aromatic rings. The van der Waals surface area contributed by atoms with Crippen LogP contribution in [-0.4, -0.2) is 16.5 Å². The van der Waals surface area contributed by atoms with Gasteiger partial charge in [0.2, 0.25) is 0 Å². The van der Waals surface area contributed by atoms with Crippen molar-refractivity contribution in [3.63, 3.8) is 0 Å². The molecule has 0 radical (unpaired) electrons. The van der Waals surface area contributed by atoms with E-state index < -0.39 is 0 Å². The van der Waals surface area contributed by atoms with Gasteiger partial charge in [-0.25, -0.2) is 4.98 Å². The van der Waals surface area contributed by atoms with Crippen molar-refractivity contribution in [1.29, 1.82) is 0 Å². The Morgan fingerprint density at radius 3 is 2.94 bits per heavy atom. The van der Waals surface area contributed by atoms with Gasteiger partial charge in [0.15, 0.2) is 5.15 Å². The fourth-order valence-electron chi connectivity index (χ4n) is 1.34. The van der Waals surface area contributed by atoms with Crippen molar-refractivity contribution in [3.8, 4) is 0 Å². The number of hydrogen-bond donors (Lipinski definition) is 2. The minimum atomic E-state index is 0.541. The molecule has 0 saturated heterocycles. The second-order valence-electron chi connectivity index (χ2n) is 3.68. The first-order valence-corrected chi connectivity index (χ1v) is 6.16. The fraction of sp³-hybridized carbons (Fsp3) is 0.545. The Morgan fingerprint density at radius 1 is 1.56 bits per heavy atom. The lowest BCUT2D eigenvalue weighted by Crippen LogP contribution is -2.15. The van der Waals surface area contributed by atoms with E-state index in [4.69, 9.17) is 23.2 Å². The van der Waals surface area contributed by atoms with Gasteiger partial charge >= 0.3 is 0 Å². The summed E-state index contributed by atoms with van der Waals surface area (Å²) in [6.45, 7) is 6.95. The Balaban J connectivity index is 2.46. The van der Waals surface area contributed by atoms with Crippen molar-refractivity contribution in [3.05, 3.63) is 28.3 Å². The highest BCUT2D eigenvalue weighted by atomic mass is 35.5. The highest BCUT2D eigenvalue weighted by Gasteiger charge is 2.07. The smallest absolute Gasteiger partial charge is 0.151 e. The number of imidazole rings is 1. The maximum absolute atomic E-state index is 6.00. The zero-order valence-electron chi connectivity index (χ0n) is 9.45. The van der Waals surface area contributed by atoms with E-state index in [0.717, 1.165) is 30.8 Å². The molecule has 0 saturated carbocycles. The predicted molar refractivity (Wildman–Crippen MR) is 68.9 cm³/mol. The average molecular weight is 262 g/mol. The van der Waals surface area contributed by atoms with Gasteiger partial charge in [-0.05, 0) is 6.42 Å². The molecule has 0 aliphatic carbocycles. The Hall–Kier alpha value is -0.510. The molecule has 2 N–H and O–H groups in total. The first kappa shape index (κ1) is 13.6. The van der Waals surface area contributed by atoms with Gasteiger partial charge in [-0.15, -0.1) is 0 Å². The summed E-state index contributed by atoms with van der Waals surface area (Å²) >= 11 is 11.6. The first-order chi connectivity index (χ1) is 7.63. The SMILES string of the molecule is C=C(Cl)CNCc1[nH]c(CCCC)nc1Cl. The van der Waals surface area contributed by atoms with Gasteiger partial charge in [0.25, 0.3) is 0 Å². The van der Waals surface area contributed by atoms with Crippen LogP contribution in [0.4, 0.5) is 0 Å². The second kappa shape index (κ2) is 6.94. The standard InChI is InChI=1S/C11H17Cl2N3/c1-3-4-5-10-15-9(11(13)16-10)7-14-6-8(2)12/h14H,2-7H2,1H3,(H,15,16). The molecule has 3 nitrogen and oxygen atoms in total. The van der Waals surface area contributed by atoms with E-state index in [1.54, 1.807) is 0 Å². The van der Waals surface area contributed by atoms with Crippen LogP contribution >= 0.6 is 23.2 Å². The summed E-state index contributed by atoms with van der Waals surface area (Å²) in [5.74, 6) is 0.952. The average Bonchev–Trinajstić information content (AvgIpc) is 2.56. The van der Waals surface area contributed by atoms with Crippen molar-refractivity contribution >= 4 is 23.2 Å². The molecule has 1 heterocycles. The highest BCUT2D eigenvalue weighted by Crippen LogP contribution is 2.14. The molecule has 0 atom stereocenters. The van der Waals surface area contributed by atoms with Gasteiger partial charge < -0.3 is 10.3 Å². The van der Waals surface area contributed by atoms with Crippen molar-refractivity contribution in [1.82, 2.24) is 15.3 Å². The maximum Gasteiger partial charge on any atom is 0.151 e. The molecule has 0 aromatic carbocycles. The Labute approximate surface area is 106 Å². The van der Waals surface area contributed by atoms with Gasteiger partial charge in [0.1, 0.15) is 5.82 Å². The number of aromatic amines is 1. The van der Waals surface area contributed by atoms with E-state index in [-0.39, 0.29) is 0 Å². The molecule has 0 aliphatic heterocycles. The molecule has 1 aromatic heterocycles. The first-order valence-electron chi connectivity index (χ1n) is 5.40. The third-order valence-electron chi connectivity index (χ3n) is 2.16.